The number of rotatable bonds is 4. The molecular formula is C25H27N5. The van der Waals surface area contributed by atoms with E-state index in [0.717, 1.165) is 34.1 Å². The second-order valence-electron chi connectivity index (χ2n) is 8.48. The zero-order valence-electron chi connectivity index (χ0n) is 17.5. The average Bonchev–Trinajstić information content (AvgIpc) is 3.20. The molecule has 152 valence electrons. The highest BCUT2D eigenvalue weighted by Gasteiger charge is 2.19. The zero-order valence-corrected chi connectivity index (χ0v) is 17.5. The van der Waals surface area contributed by atoms with Crippen LogP contribution in [0.3, 0.4) is 0 Å². The molecule has 5 nitrogen and oxygen atoms in total. The predicted molar refractivity (Wildman–Crippen MR) is 121 cm³/mol. The number of aryl methyl sites for hydroxylation is 1. The number of anilines is 1. The standard InChI is InChI=1S/C25H27N5/c1-17-8-11-21(12-9-17)28-25-27-14-18(2)24(29-25)22-15-26-23-13-10-20(16-30(22)23)19-6-4-3-5-7-19/h3-7,10,13-17,21H,8-9,11-12H2,1-2H3,(H,27,28,29). The summed E-state index contributed by atoms with van der Waals surface area (Å²) in [6, 6.07) is 15.1. The second-order valence-corrected chi connectivity index (χ2v) is 8.48. The van der Waals surface area contributed by atoms with Gasteiger partial charge in [0.05, 0.1) is 17.6 Å². The molecule has 5 rings (SSSR count). The summed E-state index contributed by atoms with van der Waals surface area (Å²) in [5, 5.41) is 3.56. The number of nitrogens with one attached hydrogen (secondary N) is 1. The van der Waals surface area contributed by atoms with Crippen LogP contribution in [0.15, 0.2) is 61.1 Å². The highest BCUT2D eigenvalue weighted by atomic mass is 15.1. The predicted octanol–water partition coefficient (Wildman–Crippen LogP) is 5.76. The van der Waals surface area contributed by atoms with Gasteiger partial charge in [0.1, 0.15) is 5.65 Å². The molecule has 0 atom stereocenters. The fourth-order valence-electron chi connectivity index (χ4n) is 4.32. The molecule has 0 saturated heterocycles. The molecule has 0 radical (unpaired) electrons. The number of hydrogen-bond donors (Lipinski definition) is 1. The third-order valence-corrected chi connectivity index (χ3v) is 6.18. The Morgan fingerprint density at radius 2 is 1.70 bits per heavy atom. The first-order valence-corrected chi connectivity index (χ1v) is 10.8. The molecule has 1 aliphatic rings. The highest BCUT2D eigenvalue weighted by Crippen LogP contribution is 2.28. The van der Waals surface area contributed by atoms with E-state index < -0.39 is 0 Å². The fraction of sp³-hybridized carbons (Fsp3) is 0.320. The van der Waals surface area contributed by atoms with E-state index in [0.29, 0.717) is 12.0 Å². The SMILES string of the molecule is Cc1cnc(NC2CCC(C)CC2)nc1-c1cnc2ccc(-c3ccccc3)cn12. The van der Waals surface area contributed by atoms with Crippen LogP contribution in [0, 0.1) is 12.8 Å². The Labute approximate surface area is 177 Å². The van der Waals surface area contributed by atoms with Gasteiger partial charge in [-0.25, -0.2) is 15.0 Å². The van der Waals surface area contributed by atoms with Gasteiger partial charge in [0.15, 0.2) is 0 Å². The lowest BCUT2D eigenvalue weighted by atomic mass is 9.87. The van der Waals surface area contributed by atoms with Crippen LogP contribution in [0.25, 0.3) is 28.2 Å². The fourth-order valence-corrected chi connectivity index (χ4v) is 4.32. The molecule has 30 heavy (non-hydrogen) atoms. The summed E-state index contributed by atoms with van der Waals surface area (Å²) < 4.78 is 2.13. The van der Waals surface area contributed by atoms with Crippen LogP contribution in [-0.4, -0.2) is 25.4 Å². The summed E-state index contributed by atoms with van der Waals surface area (Å²) in [4.78, 5) is 14.1. The molecule has 3 aromatic heterocycles. The Kier molecular flexibility index (Phi) is 4.95. The number of nitrogens with zero attached hydrogens (tertiary/aromatic N) is 4. The Hall–Kier alpha value is -3.21. The van der Waals surface area contributed by atoms with Gasteiger partial charge in [-0.2, -0.15) is 0 Å². The molecule has 3 heterocycles. The molecule has 0 aliphatic heterocycles. The Morgan fingerprint density at radius 3 is 2.50 bits per heavy atom. The molecule has 5 heteroatoms. The zero-order chi connectivity index (χ0) is 20.5. The number of fused-ring (bicyclic) bond motifs is 1. The van der Waals surface area contributed by atoms with Crippen molar-refractivity contribution in [2.24, 2.45) is 5.92 Å². The van der Waals surface area contributed by atoms with E-state index in [1.165, 1.54) is 31.2 Å². The monoisotopic (exact) mass is 397 g/mol. The van der Waals surface area contributed by atoms with E-state index in [2.05, 4.69) is 76.1 Å². The third kappa shape index (κ3) is 3.67. The van der Waals surface area contributed by atoms with Gasteiger partial charge in [0.2, 0.25) is 5.95 Å². The molecule has 1 aliphatic carbocycles. The topological polar surface area (TPSA) is 55.1 Å². The minimum Gasteiger partial charge on any atom is -0.351 e. The van der Waals surface area contributed by atoms with Crippen LogP contribution in [0.1, 0.15) is 38.2 Å². The van der Waals surface area contributed by atoms with Gasteiger partial charge in [0.25, 0.3) is 0 Å². The minimum absolute atomic E-state index is 0.462. The second kappa shape index (κ2) is 7.90. The van der Waals surface area contributed by atoms with Crippen LogP contribution in [0.5, 0.6) is 0 Å². The van der Waals surface area contributed by atoms with E-state index in [1.807, 2.05) is 18.5 Å². The first-order chi connectivity index (χ1) is 14.7. The van der Waals surface area contributed by atoms with Gasteiger partial charge >= 0.3 is 0 Å². The lowest BCUT2D eigenvalue weighted by Crippen LogP contribution is -2.26. The maximum absolute atomic E-state index is 4.90. The molecule has 0 unspecified atom stereocenters. The van der Waals surface area contributed by atoms with Crippen LogP contribution in [0.2, 0.25) is 0 Å². The molecule has 1 fully saturated rings. The van der Waals surface area contributed by atoms with Crippen molar-refractivity contribution >= 4 is 11.6 Å². The maximum Gasteiger partial charge on any atom is 0.223 e. The number of hydrogen-bond acceptors (Lipinski definition) is 4. The molecule has 0 bridgehead atoms. The third-order valence-electron chi connectivity index (χ3n) is 6.18. The van der Waals surface area contributed by atoms with Gasteiger partial charge in [-0.1, -0.05) is 37.3 Å². The highest BCUT2D eigenvalue weighted by molar-refractivity contribution is 5.69. The van der Waals surface area contributed by atoms with Gasteiger partial charge in [-0.15, -0.1) is 0 Å². The summed E-state index contributed by atoms with van der Waals surface area (Å²) in [5.74, 6) is 1.54. The van der Waals surface area contributed by atoms with Gasteiger partial charge in [-0.05, 0) is 67.3 Å². The van der Waals surface area contributed by atoms with Crippen molar-refractivity contribution in [1.29, 1.82) is 0 Å². The van der Waals surface area contributed by atoms with Crippen molar-refractivity contribution < 1.29 is 0 Å². The van der Waals surface area contributed by atoms with Gasteiger partial charge in [0, 0.05) is 18.4 Å². The van der Waals surface area contributed by atoms with E-state index in [9.17, 15) is 0 Å². The van der Waals surface area contributed by atoms with Crippen molar-refractivity contribution in [2.45, 2.75) is 45.6 Å². The van der Waals surface area contributed by atoms with Crippen molar-refractivity contribution in [3.63, 3.8) is 0 Å². The molecule has 0 amide bonds. The van der Waals surface area contributed by atoms with Crippen molar-refractivity contribution in [2.75, 3.05) is 5.32 Å². The van der Waals surface area contributed by atoms with E-state index >= 15 is 0 Å². The van der Waals surface area contributed by atoms with Crippen LogP contribution in [-0.2, 0) is 0 Å². The first-order valence-electron chi connectivity index (χ1n) is 10.8. The summed E-state index contributed by atoms with van der Waals surface area (Å²) in [6.45, 7) is 4.40. The van der Waals surface area contributed by atoms with Crippen LogP contribution >= 0.6 is 0 Å². The first kappa shape index (κ1) is 18.8. The van der Waals surface area contributed by atoms with Gasteiger partial charge < -0.3 is 5.32 Å². The van der Waals surface area contributed by atoms with Crippen molar-refractivity contribution in [3.8, 4) is 22.5 Å². The summed E-state index contributed by atoms with van der Waals surface area (Å²) in [6.07, 6.45) is 10.9. The Bertz CT molecular complexity index is 1160. The molecule has 4 aromatic rings. The summed E-state index contributed by atoms with van der Waals surface area (Å²) >= 11 is 0. The van der Waals surface area contributed by atoms with Crippen LogP contribution < -0.4 is 5.32 Å². The summed E-state index contributed by atoms with van der Waals surface area (Å²) in [7, 11) is 0. The smallest absolute Gasteiger partial charge is 0.223 e. The lowest BCUT2D eigenvalue weighted by Gasteiger charge is -2.27. The van der Waals surface area contributed by atoms with Crippen LogP contribution in [0.4, 0.5) is 5.95 Å². The number of pyridine rings is 1. The number of benzene rings is 1. The van der Waals surface area contributed by atoms with Crippen molar-refractivity contribution in [1.82, 2.24) is 19.4 Å². The minimum atomic E-state index is 0.462. The van der Waals surface area contributed by atoms with E-state index in [-0.39, 0.29) is 0 Å². The maximum atomic E-state index is 4.90. The molecule has 0 spiro atoms. The lowest BCUT2D eigenvalue weighted by molar-refractivity contribution is 0.360. The normalized spacial score (nSPS) is 19.1. The van der Waals surface area contributed by atoms with Gasteiger partial charge in [-0.3, -0.25) is 4.40 Å². The molecule has 1 saturated carbocycles. The molecule has 1 N–H and O–H groups in total. The molecular weight excluding hydrogens is 370 g/mol. The summed E-state index contributed by atoms with van der Waals surface area (Å²) in [5.41, 5.74) is 6.22. The average molecular weight is 398 g/mol. The largest absolute Gasteiger partial charge is 0.351 e. The Morgan fingerprint density at radius 1 is 0.900 bits per heavy atom. The Balaban J connectivity index is 1.50. The number of aromatic nitrogens is 4. The van der Waals surface area contributed by atoms with E-state index in [4.69, 9.17) is 4.98 Å². The molecule has 1 aromatic carbocycles. The number of imidazole rings is 1. The van der Waals surface area contributed by atoms with Crippen molar-refractivity contribution in [3.05, 3.63) is 66.6 Å². The van der Waals surface area contributed by atoms with E-state index in [1.54, 1.807) is 0 Å². The quantitative estimate of drug-likeness (QED) is 0.476.